The Bertz CT molecular complexity index is 1170. The Hall–Kier alpha value is -3.39. The summed E-state index contributed by atoms with van der Waals surface area (Å²) in [5.74, 6) is -2.05. The molecule has 44 heavy (non-hydrogen) atoms. The monoisotopic (exact) mass is 616 g/mol. The van der Waals surface area contributed by atoms with Crippen LogP contribution in [0.1, 0.15) is 45.7 Å². The molecule has 0 spiro atoms. The van der Waals surface area contributed by atoms with E-state index in [1.54, 1.807) is 13.8 Å². The van der Waals surface area contributed by atoms with Crippen molar-refractivity contribution < 1.29 is 57.4 Å². The minimum absolute atomic E-state index is 0.117. The van der Waals surface area contributed by atoms with Gasteiger partial charge in [-0.15, -0.1) is 0 Å². The van der Waals surface area contributed by atoms with E-state index in [1.807, 2.05) is 60.7 Å². The van der Waals surface area contributed by atoms with Crippen LogP contribution in [0.5, 0.6) is 0 Å². The Balaban J connectivity index is 1.67. The molecule has 4 rings (SSSR count). The van der Waals surface area contributed by atoms with Crippen molar-refractivity contribution in [2.45, 2.75) is 109 Å². The van der Waals surface area contributed by atoms with Gasteiger partial charge in [-0.1, -0.05) is 60.7 Å². The first-order valence-electron chi connectivity index (χ1n) is 14.5. The highest BCUT2D eigenvalue weighted by molar-refractivity contribution is 5.68. The highest BCUT2D eigenvalue weighted by Crippen LogP contribution is 2.34. The largest absolute Gasteiger partial charge is 0.456 e. The van der Waals surface area contributed by atoms with Gasteiger partial charge >= 0.3 is 17.9 Å². The summed E-state index contributed by atoms with van der Waals surface area (Å²) in [5.41, 5.74) is 1.74. The molecule has 2 fully saturated rings. The predicted octanol–water partition coefficient (Wildman–Crippen LogP) is 2.82. The summed E-state index contributed by atoms with van der Waals surface area (Å²) in [6, 6.07) is 18.8. The molecule has 2 saturated heterocycles. The fourth-order valence-corrected chi connectivity index (χ4v) is 5.32. The van der Waals surface area contributed by atoms with Crippen molar-refractivity contribution in [3.8, 4) is 0 Å². The summed E-state index contributed by atoms with van der Waals surface area (Å²) < 4.78 is 47.5. The average molecular weight is 617 g/mol. The topological polar surface area (TPSA) is 145 Å². The van der Waals surface area contributed by atoms with Crippen molar-refractivity contribution in [2.24, 2.45) is 0 Å². The first-order valence-corrected chi connectivity index (χ1v) is 14.5. The molecule has 12 heteroatoms. The molecule has 0 amide bonds. The van der Waals surface area contributed by atoms with Gasteiger partial charge in [0.2, 0.25) is 0 Å². The molecule has 1 N–H and O–H groups in total. The van der Waals surface area contributed by atoms with E-state index in [0.29, 0.717) is 0 Å². The van der Waals surface area contributed by atoms with Gasteiger partial charge in [0, 0.05) is 20.8 Å². The zero-order chi connectivity index (χ0) is 31.8. The molecule has 12 nitrogen and oxygen atoms in total. The average Bonchev–Trinajstić information content (AvgIpc) is 2.97. The SMILES string of the molecule is CC(=O)O[C@@H]1[C@@H](OC(C)=O)[C@H](C)O[C@@H](O[C@@H]2[C@@H](OCc3ccccc3)[C@H](O)O[C@H](C)[C@H]2OCc2ccccc2)[C@@H]1OC(C)=O. The highest BCUT2D eigenvalue weighted by Gasteiger charge is 2.54. The third-order valence-corrected chi connectivity index (χ3v) is 7.24. The molecule has 2 aliphatic rings. The summed E-state index contributed by atoms with van der Waals surface area (Å²) >= 11 is 0. The smallest absolute Gasteiger partial charge is 0.303 e. The minimum atomic E-state index is -1.42. The Morgan fingerprint density at radius 2 is 1.07 bits per heavy atom. The van der Waals surface area contributed by atoms with Gasteiger partial charge in [-0.05, 0) is 25.0 Å². The van der Waals surface area contributed by atoms with Gasteiger partial charge in [-0.2, -0.15) is 0 Å². The van der Waals surface area contributed by atoms with Crippen LogP contribution in [0.4, 0.5) is 0 Å². The van der Waals surface area contributed by atoms with Crippen LogP contribution in [0.3, 0.4) is 0 Å². The number of aliphatic hydroxyl groups excluding tert-OH is 1. The first-order chi connectivity index (χ1) is 21.0. The molecule has 2 aliphatic heterocycles. The summed E-state index contributed by atoms with van der Waals surface area (Å²) in [7, 11) is 0. The molecule has 0 radical (unpaired) electrons. The van der Waals surface area contributed by atoms with E-state index in [-0.39, 0.29) is 13.2 Å². The van der Waals surface area contributed by atoms with E-state index in [0.717, 1.165) is 11.1 Å². The predicted molar refractivity (Wildman–Crippen MR) is 152 cm³/mol. The van der Waals surface area contributed by atoms with Gasteiger partial charge in [0.1, 0.15) is 18.3 Å². The summed E-state index contributed by atoms with van der Waals surface area (Å²) in [5, 5.41) is 11.1. The second-order valence-electron chi connectivity index (χ2n) is 10.8. The van der Waals surface area contributed by atoms with E-state index in [4.69, 9.17) is 37.9 Å². The number of carbonyl (C=O) groups excluding carboxylic acids is 3. The van der Waals surface area contributed by atoms with Gasteiger partial charge in [0.25, 0.3) is 0 Å². The van der Waals surface area contributed by atoms with Crippen molar-refractivity contribution >= 4 is 17.9 Å². The van der Waals surface area contributed by atoms with E-state index in [2.05, 4.69) is 0 Å². The number of hydrogen-bond acceptors (Lipinski definition) is 12. The molecule has 0 saturated carbocycles. The molecule has 2 heterocycles. The van der Waals surface area contributed by atoms with Crippen molar-refractivity contribution in [3.05, 3.63) is 71.8 Å². The maximum Gasteiger partial charge on any atom is 0.303 e. The number of hydrogen-bond donors (Lipinski definition) is 1. The third kappa shape index (κ3) is 8.84. The molecular formula is C32H40O12. The first kappa shape index (κ1) is 33.5. The lowest BCUT2D eigenvalue weighted by atomic mass is 9.96. The van der Waals surface area contributed by atoms with Gasteiger partial charge in [-0.25, -0.2) is 0 Å². The quantitative estimate of drug-likeness (QED) is 0.293. The molecule has 240 valence electrons. The van der Waals surface area contributed by atoms with Crippen LogP contribution >= 0.6 is 0 Å². The molecule has 0 bridgehead atoms. The van der Waals surface area contributed by atoms with Gasteiger partial charge in [-0.3, -0.25) is 14.4 Å². The molecule has 10 atom stereocenters. The van der Waals surface area contributed by atoms with Crippen LogP contribution in [0.2, 0.25) is 0 Å². The van der Waals surface area contributed by atoms with Crippen LogP contribution in [-0.4, -0.2) is 84.4 Å². The molecule has 2 aromatic rings. The fourth-order valence-electron chi connectivity index (χ4n) is 5.32. The van der Waals surface area contributed by atoms with E-state index in [9.17, 15) is 19.5 Å². The van der Waals surface area contributed by atoms with Crippen LogP contribution in [0.25, 0.3) is 0 Å². The Morgan fingerprint density at radius 1 is 0.614 bits per heavy atom. The number of rotatable bonds is 11. The van der Waals surface area contributed by atoms with Crippen LogP contribution in [0, 0.1) is 0 Å². The molecule has 0 aromatic heterocycles. The second kappa shape index (κ2) is 15.6. The lowest BCUT2D eigenvalue weighted by Crippen LogP contribution is -2.65. The zero-order valence-electron chi connectivity index (χ0n) is 25.4. The normalized spacial score (nSPS) is 32.0. The molecule has 0 aliphatic carbocycles. The van der Waals surface area contributed by atoms with E-state index >= 15 is 0 Å². The van der Waals surface area contributed by atoms with Crippen molar-refractivity contribution in [3.63, 3.8) is 0 Å². The summed E-state index contributed by atoms with van der Waals surface area (Å²) in [6.07, 6.45) is -10.9. The van der Waals surface area contributed by atoms with E-state index in [1.165, 1.54) is 20.8 Å². The minimum Gasteiger partial charge on any atom is -0.456 e. The summed E-state index contributed by atoms with van der Waals surface area (Å²) in [6.45, 7) is 7.22. The lowest BCUT2D eigenvalue weighted by molar-refractivity contribution is -0.360. The van der Waals surface area contributed by atoms with Gasteiger partial charge in [0.15, 0.2) is 30.9 Å². The molecule has 2 aromatic carbocycles. The highest BCUT2D eigenvalue weighted by atomic mass is 16.7. The lowest BCUT2D eigenvalue weighted by Gasteiger charge is -2.48. The van der Waals surface area contributed by atoms with Crippen molar-refractivity contribution in [2.75, 3.05) is 0 Å². The Labute approximate surface area is 256 Å². The van der Waals surface area contributed by atoms with Crippen molar-refractivity contribution in [1.29, 1.82) is 0 Å². The van der Waals surface area contributed by atoms with Gasteiger partial charge in [0.05, 0.1) is 25.4 Å². The molecule has 0 unspecified atom stereocenters. The fraction of sp³-hybridized carbons (Fsp3) is 0.531. The van der Waals surface area contributed by atoms with Crippen molar-refractivity contribution in [1.82, 2.24) is 0 Å². The Kier molecular flexibility index (Phi) is 11.8. The number of benzene rings is 2. The maximum absolute atomic E-state index is 12.3. The molecular weight excluding hydrogens is 576 g/mol. The van der Waals surface area contributed by atoms with Crippen LogP contribution in [-0.2, 0) is 65.5 Å². The standard InChI is InChI=1S/C32H40O12/c1-18-25(37-16-23-12-8-6-9-13-23)27(29(31(36)39-18)38-17-24-14-10-7-11-15-24)44-32-30(43-22(5)35)28(42-21(4)34)26(19(2)40-32)41-20(3)33/h6-15,18-19,25-32,36H,16-17H2,1-5H3/t18-,19+,25-,26+,27+,28-,29-,30-,31-,32+/m1/s1. The van der Waals surface area contributed by atoms with Crippen LogP contribution < -0.4 is 0 Å². The number of esters is 3. The van der Waals surface area contributed by atoms with Gasteiger partial charge < -0.3 is 43.0 Å². The van der Waals surface area contributed by atoms with E-state index < -0.39 is 79.3 Å². The number of aliphatic hydroxyl groups is 1. The third-order valence-electron chi connectivity index (χ3n) is 7.24. The maximum atomic E-state index is 12.3. The second-order valence-corrected chi connectivity index (χ2v) is 10.8. The van der Waals surface area contributed by atoms with Crippen LogP contribution in [0.15, 0.2) is 60.7 Å². The number of ether oxygens (including phenoxy) is 8. The summed E-state index contributed by atoms with van der Waals surface area (Å²) in [4.78, 5) is 36.3. The zero-order valence-corrected chi connectivity index (χ0v) is 25.4. The number of carbonyl (C=O) groups is 3. The Morgan fingerprint density at radius 3 is 1.59 bits per heavy atom.